The maximum Gasteiger partial charge on any atom is 0.425 e. The number of benzene rings is 2. The van der Waals surface area contributed by atoms with Crippen LogP contribution in [0.4, 0.5) is 20.2 Å². The summed E-state index contributed by atoms with van der Waals surface area (Å²) in [7, 11) is 1.54. The van der Waals surface area contributed by atoms with Crippen molar-refractivity contribution in [3.8, 4) is 16.9 Å². The number of hydrogen-bond acceptors (Lipinski definition) is 9. The molecular weight excluding hydrogens is 648 g/mol. The Hall–Kier alpha value is -4.09. The van der Waals surface area contributed by atoms with Crippen molar-refractivity contribution in [3.05, 3.63) is 53.2 Å². The lowest BCUT2D eigenvalue weighted by Gasteiger charge is -2.33. The molecule has 1 fully saturated rings. The Labute approximate surface area is 294 Å². The molecule has 2 heterocycles. The fraction of sp³-hybridized carbons (Fsp3) is 0.514. The van der Waals surface area contributed by atoms with Gasteiger partial charge in [0.2, 0.25) is 0 Å². The number of piperidine rings is 1. The number of carbonyl (C=O) groups excluding carboxylic acids is 3. The van der Waals surface area contributed by atoms with E-state index in [1.165, 1.54) is 7.11 Å². The minimum Gasteiger partial charge on any atom is -0.496 e. The van der Waals surface area contributed by atoms with E-state index in [1.54, 1.807) is 59.9 Å². The SMILES string of the molecule is COc1cc(CN2CCC(NC(=O)OC(C)(C)C)CC2)cc2c(-c3ccc(Cl)cc3)cnc(N(C(=O)OC(C)(C)C)C(=O)OC(C)(C)C)c12. The smallest absolute Gasteiger partial charge is 0.425 e. The van der Waals surface area contributed by atoms with Crippen molar-refractivity contribution >= 4 is 46.5 Å². The quantitative estimate of drug-likeness (QED) is 0.252. The molecule has 1 aliphatic heterocycles. The standard InChI is InChI=1S/C37H49ClN4O7/c1-35(2,3)47-32(43)40-26-15-17-41(18-16-26)22-23-19-27-28(24-11-13-25(38)14-12-24)21-39-31(30(27)29(20-23)46-10)42(33(44)48-36(4,5)6)34(45)49-37(7,8)9/h11-14,19-21,26H,15-18,22H2,1-10H3,(H,40,43). The third-order valence-corrected chi connectivity index (χ3v) is 7.70. The monoisotopic (exact) mass is 696 g/mol. The Morgan fingerprint density at radius 2 is 1.43 bits per heavy atom. The topological polar surface area (TPSA) is 120 Å². The van der Waals surface area contributed by atoms with Gasteiger partial charge in [0.25, 0.3) is 0 Å². The number of ether oxygens (including phenoxy) is 4. The molecule has 1 aliphatic rings. The van der Waals surface area contributed by atoms with Crippen molar-refractivity contribution in [2.75, 3.05) is 25.1 Å². The zero-order valence-corrected chi connectivity index (χ0v) is 31.0. The largest absolute Gasteiger partial charge is 0.496 e. The first-order valence-corrected chi connectivity index (χ1v) is 16.8. The molecule has 0 saturated carbocycles. The number of nitrogens with one attached hydrogen (secondary N) is 1. The number of rotatable bonds is 6. The minimum atomic E-state index is -0.927. The number of halogens is 1. The van der Waals surface area contributed by atoms with E-state index >= 15 is 0 Å². The van der Waals surface area contributed by atoms with Crippen LogP contribution in [0.2, 0.25) is 5.02 Å². The number of alkyl carbamates (subject to hydrolysis) is 1. The molecule has 4 rings (SSSR count). The van der Waals surface area contributed by atoms with E-state index in [9.17, 15) is 14.4 Å². The molecule has 49 heavy (non-hydrogen) atoms. The van der Waals surface area contributed by atoms with E-state index in [0.717, 1.165) is 47.5 Å². The maximum absolute atomic E-state index is 13.7. The lowest BCUT2D eigenvalue weighted by molar-refractivity contribution is 0.0424. The Bertz CT molecular complexity index is 1640. The third kappa shape index (κ3) is 10.4. The number of amides is 3. The van der Waals surface area contributed by atoms with Crippen LogP contribution in [0.1, 0.15) is 80.7 Å². The summed E-state index contributed by atoms with van der Waals surface area (Å²) in [5.41, 5.74) is 0.188. The summed E-state index contributed by atoms with van der Waals surface area (Å²) < 4.78 is 22.7. The van der Waals surface area contributed by atoms with Gasteiger partial charge in [-0.25, -0.2) is 19.4 Å². The zero-order valence-electron chi connectivity index (χ0n) is 30.2. The van der Waals surface area contributed by atoms with Gasteiger partial charge in [-0.1, -0.05) is 23.7 Å². The van der Waals surface area contributed by atoms with Crippen molar-refractivity contribution in [2.45, 2.75) is 105 Å². The van der Waals surface area contributed by atoms with Gasteiger partial charge in [0.05, 0.1) is 12.5 Å². The van der Waals surface area contributed by atoms with Crippen molar-refractivity contribution in [2.24, 2.45) is 0 Å². The maximum atomic E-state index is 13.7. The van der Waals surface area contributed by atoms with Gasteiger partial charge < -0.3 is 24.3 Å². The zero-order chi connectivity index (χ0) is 36.3. The van der Waals surface area contributed by atoms with Crippen molar-refractivity contribution < 1.29 is 33.3 Å². The summed E-state index contributed by atoms with van der Waals surface area (Å²) >= 11 is 6.23. The highest BCUT2D eigenvalue weighted by Crippen LogP contribution is 2.41. The van der Waals surface area contributed by atoms with E-state index in [0.29, 0.717) is 28.1 Å². The number of methoxy groups -OCH3 is 1. The Morgan fingerprint density at radius 3 is 1.94 bits per heavy atom. The summed E-state index contributed by atoms with van der Waals surface area (Å²) in [4.78, 5) is 47.5. The number of likely N-dealkylation sites (tertiary alicyclic amines) is 1. The van der Waals surface area contributed by atoms with Crippen LogP contribution in [0.3, 0.4) is 0 Å². The molecule has 0 aliphatic carbocycles. The lowest BCUT2D eigenvalue weighted by atomic mass is 9.97. The van der Waals surface area contributed by atoms with E-state index in [1.807, 2.05) is 45.0 Å². The number of imide groups is 1. The van der Waals surface area contributed by atoms with Gasteiger partial charge >= 0.3 is 18.3 Å². The minimum absolute atomic E-state index is 0.0219. The average Bonchev–Trinajstić information content (AvgIpc) is 2.95. The highest BCUT2D eigenvalue weighted by atomic mass is 35.5. The molecule has 0 atom stereocenters. The van der Waals surface area contributed by atoms with Crippen LogP contribution in [0, 0.1) is 0 Å². The first-order chi connectivity index (χ1) is 22.7. The molecule has 0 radical (unpaired) electrons. The predicted octanol–water partition coefficient (Wildman–Crippen LogP) is 8.73. The summed E-state index contributed by atoms with van der Waals surface area (Å²) in [5, 5.41) is 4.72. The number of nitrogens with zero attached hydrogens (tertiary/aromatic N) is 3. The normalized spacial score (nSPS) is 14.7. The molecule has 0 unspecified atom stereocenters. The number of hydrogen-bond donors (Lipinski definition) is 1. The van der Waals surface area contributed by atoms with Gasteiger partial charge in [-0.2, -0.15) is 4.90 Å². The summed E-state index contributed by atoms with van der Waals surface area (Å²) in [6, 6.07) is 11.3. The number of fused-ring (bicyclic) bond motifs is 1. The van der Waals surface area contributed by atoms with Crippen LogP contribution in [0.25, 0.3) is 21.9 Å². The second-order valence-electron chi connectivity index (χ2n) is 15.2. The van der Waals surface area contributed by atoms with Crippen LogP contribution in [-0.2, 0) is 20.8 Å². The van der Waals surface area contributed by atoms with E-state index in [-0.39, 0.29) is 11.9 Å². The van der Waals surface area contributed by atoms with Crippen molar-refractivity contribution in [1.29, 1.82) is 0 Å². The highest BCUT2D eigenvalue weighted by molar-refractivity contribution is 6.30. The van der Waals surface area contributed by atoms with Crippen LogP contribution in [0.5, 0.6) is 5.75 Å². The molecular formula is C37H49ClN4O7. The third-order valence-electron chi connectivity index (χ3n) is 7.45. The molecule has 266 valence electrons. The Kier molecular flexibility index (Phi) is 11.4. The van der Waals surface area contributed by atoms with E-state index < -0.39 is 35.1 Å². The first-order valence-electron chi connectivity index (χ1n) is 16.5. The van der Waals surface area contributed by atoms with Gasteiger partial charge in [0.15, 0.2) is 5.82 Å². The Morgan fingerprint density at radius 1 is 0.878 bits per heavy atom. The number of pyridine rings is 1. The molecule has 12 heteroatoms. The molecule has 0 spiro atoms. The van der Waals surface area contributed by atoms with E-state index in [4.69, 9.17) is 30.5 Å². The molecule has 1 saturated heterocycles. The van der Waals surface area contributed by atoms with Gasteiger partial charge in [0, 0.05) is 42.5 Å². The van der Waals surface area contributed by atoms with Gasteiger partial charge in [0.1, 0.15) is 22.6 Å². The molecule has 2 aromatic carbocycles. The first kappa shape index (κ1) is 37.7. The second kappa shape index (κ2) is 14.8. The van der Waals surface area contributed by atoms with Crippen LogP contribution >= 0.6 is 11.6 Å². The fourth-order valence-corrected chi connectivity index (χ4v) is 5.61. The summed E-state index contributed by atoms with van der Waals surface area (Å²) in [6.07, 6.45) is 0.909. The molecule has 3 aromatic rings. The number of anilines is 1. The molecule has 3 amide bonds. The van der Waals surface area contributed by atoms with Gasteiger partial charge in [-0.15, -0.1) is 0 Å². The van der Waals surface area contributed by atoms with Gasteiger partial charge in [-0.3, -0.25) is 4.90 Å². The highest BCUT2D eigenvalue weighted by Gasteiger charge is 2.36. The molecule has 1 aromatic heterocycles. The molecule has 11 nitrogen and oxygen atoms in total. The fourth-order valence-electron chi connectivity index (χ4n) is 5.49. The average molecular weight is 697 g/mol. The molecule has 0 bridgehead atoms. The van der Waals surface area contributed by atoms with Crippen molar-refractivity contribution in [1.82, 2.24) is 15.2 Å². The lowest BCUT2D eigenvalue weighted by Crippen LogP contribution is -2.45. The van der Waals surface area contributed by atoms with Crippen molar-refractivity contribution in [3.63, 3.8) is 0 Å². The van der Waals surface area contributed by atoms with Gasteiger partial charge in [-0.05, 0) is 116 Å². The van der Waals surface area contributed by atoms with Crippen LogP contribution < -0.4 is 15.0 Å². The predicted molar refractivity (Wildman–Crippen MR) is 191 cm³/mol. The van der Waals surface area contributed by atoms with Crippen LogP contribution in [-0.4, -0.2) is 71.2 Å². The second-order valence-corrected chi connectivity index (χ2v) is 15.7. The van der Waals surface area contributed by atoms with Crippen LogP contribution in [0.15, 0.2) is 42.6 Å². The summed E-state index contributed by atoms with van der Waals surface area (Å²) in [6.45, 7) is 18.0. The number of carbonyl (C=O) groups is 3. The summed E-state index contributed by atoms with van der Waals surface area (Å²) in [5.74, 6) is 0.443. The number of aromatic nitrogens is 1. The van der Waals surface area contributed by atoms with E-state index in [2.05, 4.69) is 15.2 Å². The molecule has 1 N–H and O–H groups in total. The Balaban J connectivity index is 1.77.